The lowest BCUT2D eigenvalue weighted by Gasteiger charge is -2.06. The van der Waals surface area contributed by atoms with Gasteiger partial charge in [0.15, 0.2) is 0 Å². The van der Waals surface area contributed by atoms with Crippen molar-refractivity contribution in [3.05, 3.63) is 40.5 Å². The first-order valence-corrected chi connectivity index (χ1v) is 5.37. The van der Waals surface area contributed by atoms with Gasteiger partial charge in [-0.05, 0) is 35.0 Å². The van der Waals surface area contributed by atoms with Crippen LogP contribution in [0.15, 0.2) is 29.0 Å². The minimum absolute atomic E-state index is 0.407. The first-order chi connectivity index (χ1) is 7.22. The number of nitrogens with two attached hydrogens (primary N) is 1. The summed E-state index contributed by atoms with van der Waals surface area (Å²) in [7, 11) is 0. The summed E-state index contributed by atoms with van der Waals surface area (Å²) in [6, 6.07) is 3.90. The molecule has 0 saturated heterocycles. The summed E-state index contributed by atoms with van der Waals surface area (Å²) in [6.45, 7) is 2.36. The van der Waals surface area contributed by atoms with Gasteiger partial charge in [0.25, 0.3) is 0 Å². The Morgan fingerprint density at radius 1 is 1.47 bits per heavy atom. The molecule has 0 aliphatic rings. The number of aromatic nitrogens is 3. The van der Waals surface area contributed by atoms with Crippen LogP contribution in [0.2, 0.25) is 0 Å². The van der Waals surface area contributed by atoms with Gasteiger partial charge in [0.2, 0.25) is 0 Å². The Kier molecular flexibility index (Phi) is 2.83. The second-order valence-electron chi connectivity index (χ2n) is 3.15. The van der Waals surface area contributed by atoms with E-state index in [0.717, 1.165) is 21.8 Å². The average molecular weight is 267 g/mol. The molecule has 0 saturated carbocycles. The summed E-state index contributed by atoms with van der Waals surface area (Å²) in [5.74, 6) is 1.65. The maximum absolute atomic E-state index is 5.58. The van der Waals surface area contributed by atoms with Gasteiger partial charge < -0.3 is 5.73 Å². The highest BCUT2D eigenvalue weighted by atomic mass is 79.9. The van der Waals surface area contributed by atoms with Gasteiger partial charge in [0.05, 0.1) is 12.2 Å². The zero-order valence-corrected chi connectivity index (χ0v) is 9.90. The Morgan fingerprint density at radius 3 is 2.93 bits per heavy atom. The van der Waals surface area contributed by atoms with Gasteiger partial charge in [-0.15, -0.1) is 0 Å². The lowest BCUT2D eigenvalue weighted by Crippen LogP contribution is -2.07. The summed E-state index contributed by atoms with van der Waals surface area (Å²) >= 11 is 3.42. The Balaban J connectivity index is 2.50. The molecular weight excluding hydrogens is 256 g/mol. The summed E-state index contributed by atoms with van der Waals surface area (Å²) < 4.78 is 2.89. The minimum Gasteiger partial charge on any atom is -0.324 e. The lowest BCUT2D eigenvalue weighted by atomic mass is 10.3. The van der Waals surface area contributed by atoms with Crippen LogP contribution in [-0.4, -0.2) is 14.5 Å². The van der Waals surface area contributed by atoms with Crippen molar-refractivity contribution >= 4 is 15.9 Å². The Morgan fingerprint density at radius 2 is 2.27 bits per heavy atom. The number of hydrogen-bond donors (Lipinski definition) is 1. The van der Waals surface area contributed by atoms with E-state index in [4.69, 9.17) is 5.73 Å². The maximum atomic E-state index is 5.58. The summed E-state index contributed by atoms with van der Waals surface area (Å²) in [4.78, 5) is 8.59. The van der Waals surface area contributed by atoms with Crippen LogP contribution in [0.5, 0.6) is 0 Å². The maximum Gasteiger partial charge on any atom is 0.138 e. The Hall–Kier alpha value is -1.20. The molecule has 0 amide bonds. The van der Waals surface area contributed by atoms with Crippen molar-refractivity contribution in [3.63, 3.8) is 0 Å². The molecule has 4 nitrogen and oxygen atoms in total. The first kappa shape index (κ1) is 10.3. The molecule has 0 aromatic carbocycles. The average Bonchev–Trinajstić information content (AvgIpc) is 2.70. The van der Waals surface area contributed by atoms with Gasteiger partial charge in [0.1, 0.15) is 11.6 Å². The van der Waals surface area contributed by atoms with Crippen LogP contribution in [0.3, 0.4) is 0 Å². The molecule has 78 valence electrons. The molecule has 0 fully saturated rings. The van der Waals surface area contributed by atoms with Gasteiger partial charge >= 0.3 is 0 Å². The normalized spacial score (nSPS) is 10.6. The van der Waals surface area contributed by atoms with E-state index in [1.807, 2.05) is 29.8 Å². The minimum atomic E-state index is 0.407. The van der Waals surface area contributed by atoms with Gasteiger partial charge in [-0.2, -0.15) is 0 Å². The molecule has 2 heterocycles. The molecular formula is C10H11BrN4. The van der Waals surface area contributed by atoms with E-state index in [0.29, 0.717) is 6.54 Å². The van der Waals surface area contributed by atoms with Crippen LogP contribution < -0.4 is 5.73 Å². The molecule has 15 heavy (non-hydrogen) atoms. The van der Waals surface area contributed by atoms with Crippen molar-refractivity contribution in [2.45, 2.75) is 13.5 Å². The molecule has 2 rings (SSSR count). The second kappa shape index (κ2) is 4.12. The number of halogens is 1. The predicted octanol–water partition coefficient (Wildman–Crippen LogP) is 1.80. The SMILES string of the molecule is Cc1nc(-n2ccnc2CN)ccc1Br. The summed E-state index contributed by atoms with van der Waals surface area (Å²) in [5.41, 5.74) is 6.53. The highest BCUT2D eigenvalue weighted by Crippen LogP contribution is 2.16. The number of rotatable bonds is 2. The van der Waals surface area contributed by atoms with E-state index in [1.165, 1.54) is 0 Å². The third-order valence-electron chi connectivity index (χ3n) is 2.15. The van der Waals surface area contributed by atoms with E-state index < -0.39 is 0 Å². The monoisotopic (exact) mass is 266 g/mol. The van der Waals surface area contributed by atoms with Crippen molar-refractivity contribution in [3.8, 4) is 5.82 Å². The lowest BCUT2D eigenvalue weighted by molar-refractivity contribution is 0.843. The molecule has 0 spiro atoms. The zero-order chi connectivity index (χ0) is 10.8. The number of hydrogen-bond acceptors (Lipinski definition) is 3. The largest absolute Gasteiger partial charge is 0.324 e. The fourth-order valence-electron chi connectivity index (χ4n) is 1.36. The fourth-order valence-corrected chi connectivity index (χ4v) is 1.58. The van der Waals surface area contributed by atoms with Crippen molar-refractivity contribution in [1.82, 2.24) is 14.5 Å². The van der Waals surface area contributed by atoms with Crippen molar-refractivity contribution in [2.75, 3.05) is 0 Å². The van der Waals surface area contributed by atoms with E-state index in [2.05, 4.69) is 25.9 Å². The quantitative estimate of drug-likeness (QED) is 0.902. The molecule has 5 heteroatoms. The van der Waals surface area contributed by atoms with Gasteiger partial charge in [-0.25, -0.2) is 9.97 Å². The smallest absolute Gasteiger partial charge is 0.138 e. The second-order valence-corrected chi connectivity index (χ2v) is 4.01. The van der Waals surface area contributed by atoms with E-state index >= 15 is 0 Å². The number of imidazole rings is 1. The summed E-state index contributed by atoms with van der Waals surface area (Å²) in [5, 5.41) is 0. The molecule has 0 aliphatic heterocycles. The molecule has 2 aromatic heterocycles. The van der Waals surface area contributed by atoms with Gasteiger partial charge in [-0.3, -0.25) is 4.57 Å². The molecule has 0 unspecified atom stereocenters. The topological polar surface area (TPSA) is 56.7 Å². The zero-order valence-electron chi connectivity index (χ0n) is 8.31. The van der Waals surface area contributed by atoms with Crippen LogP contribution in [0, 0.1) is 6.92 Å². The van der Waals surface area contributed by atoms with Gasteiger partial charge in [-0.1, -0.05) is 0 Å². The molecule has 0 atom stereocenters. The molecule has 0 aliphatic carbocycles. The fraction of sp³-hybridized carbons (Fsp3) is 0.200. The van der Waals surface area contributed by atoms with Crippen LogP contribution in [0.25, 0.3) is 5.82 Å². The predicted molar refractivity (Wildman–Crippen MR) is 61.7 cm³/mol. The molecule has 2 N–H and O–H groups in total. The van der Waals surface area contributed by atoms with E-state index in [1.54, 1.807) is 6.20 Å². The third kappa shape index (κ3) is 1.93. The summed E-state index contributed by atoms with van der Waals surface area (Å²) in [6.07, 6.45) is 3.58. The van der Waals surface area contributed by atoms with Crippen molar-refractivity contribution < 1.29 is 0 Å². The van der Waals surface area contributed by atoms with Gasteiger partial charge in [0, 0.05) is 16.9 Å². The standard InChI is InChI=1S/C10H11BrN4/c1-7-8(11)2-3-9(14-7)15-5-4-13-10(15)6-12/h2-5H,6,12H2,1H3. The van der Waals surface area contributed by atoms with Crippen molar-refractivity contribution in [1.29, 1.82) is 0 Å². The molecule has 2 aromatic rings. The van der Waals surface area contributed by atoms with E-state index in [9.17, 15) is 0 Å². The third-order valence-corrected chi connectivity index (χ3v) is 2.99. The highest BCUT2D eigenvalue weighted by molar-refractivity contribution is 9.10. The Labute approximate surface area is 96.3 Å². The van der Waals surface area contributed by atoms with Crippen LogP contribution in [0.4, 0.5) is 0 Å². The first-order valence-electron chi connectivity index (χ1n) is 4.58. The number of nitrogens with zero attached hydrogens (tertiary/aromatic N) is 3. The Bertz CT molecular complexity index is 478. The molecule has 0 bridgehead atoms. The number of aryl methyl sites for hydroxylation is 1. The van der Waals surface area contributed by atoms with Crippen molar-refractivity contribution in [2.24, 2.45) is 5.73 Å². The van der Waals surface area contributed by atoms with Crippen LogP contribution in [-0.2, 0) is 6.54 Å². The number of pyridine rings is 1. The van der Waals surface area contributed by atoms with E-state index in [-0.39, 0.29) is 0 Å². The van der Waals surface area contributed by atoms with Crippen LogP contribution in [0.1, 0.15) is 11.5 Å². The molecule has 0 radical (unpaired) electrons. The van der Waals surface area contributed by atoms with Crippen LogP contribution >= 0.6 is 15.9 Å². The highest BCUT2D eigenvalue weighted by Gasteiger charge is 2.05.